The van der Waals surface area contributed by atoms with E-state index in [-0.39, 0.29) is 5.91 Å². The van der Waals surface area contributed by atoms with E-state index in [9.17, 15) is 4.79 Å². The molecule has 122 valence electrons. The number of nitrogens with one attached hydrogen (secondary N) is 1. The number of halogens is 1. The van der Waals surface area contributed by atoms with Gasteiger partial charge in [-0.25, -0.2) is 0 Å². The number of rotatable bonds is 6. The second kappa shape index (κ2) is 8.03. The third-order valence-corrected chi connectivity index (χ3v) is 4.52. The highest BCUT2D eigenvalue weighted by Gasteiger charge is 2.06. The zero-order valence-electron chi connectivity index (χ0n) is 12.6. The lowest BCUT2D eigenvalue weighted by Gasteiger charge is -2.07. The Labute approximate surface area is 151 Å². The summed E-state index contributed by atoms with van der Waals surface area (Å²) in [5.74, 6) is 0.297. The van der Waals surface area contributed by atoms with E-state index in [0.717, 1.165) is 15.0 Å². The SMILES string of the molecule is O=C(NCCOc1ccc(-c2cccs2)nn1)c1cccc(Br)c1. The van der Waals surface area contributed by atoms with Crippen LogP contribution in [0.2, 0.25) is 0 Å². The summed E-state index contributed by atoms with van der Waals surface area (Å²) < 4.78 is 6.36. The van der Waals surface area contributed by atoms with Crippen LogP contribution in [0.5, 0.6) is 5.88 Å². The molecule has 2 heterocycles. The maximum Gasteiger partial charge on any atom is 0.251 e. The second-order valence-corrected chi connectivity index (χ2v) is 6.71. The normalized spacial score (nSPS) is 10.4. The van der Waals surface area contributed by atoms with Gasteiger partial charge in [0.1, 0.15) is 12.3 Å². The smallest absolute Gasteiger partial charge is 0.251 e. The number of hydrogen-bond acceptors (Lipinski definition) is 5. The van der Waals surface area contributed by atoms with E-state index in [1.54, 1.807) is 29.5 Å². The summed E-state index contributed by atoms with van der Waals surface area (Å²) in [5.41, 5.74) is 1.42. The van der Waals surface area contributed by atoms with Crippen LogP contribution in [-0.4, -0.2) is 29.3 Å². The van der Waals surface area contributed by atoms with Gasteiger partial charge in [0.25, 0.3) is 5.91 Å². The number of benzene rings is 1. The predicted octanol–water partition coefficient (Wildman–Crippen LogP) is 3.78. The molecule has 0 atom stereocenters. The van der Waals surface area contributed by atoms with E-state index < -0.39 is 0 Å². The Morgan fingerprint density at radius 2 is 2.08 bits per heavy atom. The molecule has 7 heteroatoms. The van der Waals surface area contributed by atoms with Crippen molar-refractivity contribution >= 4 is 33.2 Å². The van der Waals surface area contributed by atoms with Crippen molar-refractivity contribution in [3.63, 3.8) is 0 Å². The molecule has 0 saturated carbocycles. The number of amides is 1. The van der Waals surface area contributed by atoms with Gasteiger partial charge >= 0.3 is 0 Å². The van der Waals surface area contributed by atoms with E-state index in [1.807, 2.05) is 35.7 Å². The largest absolute Gasteiger partial charge is 0.475 e. The molecule has 0 aliphatic carbocycles. The first kappa shape index (κ1) is 16.6. The summed E-state index contributed by atoms with van der Waals surface area (Å²) in [5, 5.41) is 13.0. The minimum absolute atomic E-state index is 0.140. The van der Waals surface area contributed by atoms with Gasteiger partial charge in [0.15, 0.2) is 0 Å². The van der Waals surface area contributed by atoms with Gasteiger partial charge in [-0.05, 0) is 35.7 Å². The van der Waals surface area contributed by atoms with Crippen molar-refractivity contribution in [3.8, 4) is 16.5 Å². The molecule has 0 unspecified atom stereocenters. The van der Waals surface area contributed by atoms with Crippen LogP contribution in [0.25, 0.3) is 10.6 Å². The van der Waals surface area contributed by atoms with Crippen LogP contribution in [0.4, 0.5) is 0 Å². The molecule has 3 rings (SSSR count). The van der Waals surface area contributed by atoms with Gasteiger partial charge in [-0.2, -0.15) is 0 Å². The van der Waals surface area contributed by atoms with Crippen LogP contribution >= 0.6 is 27.3 Å². The van der Waals surface area contributed by atoms with Gasteiger partial charge in [-0.3, -0.25) is 4.79 Å². The number of aromatic nitrogens is 2. The lowest BCUT2D eigenvalue weighted by atomic mass is 10.2. The van der Waals surface area contributed by atoms with Crippen LogP contribution in [0.1, 0.15) is 10.4 Å². The monoisotopic (exact) mass is 403 g/mol. The number of thiophene rings is 1. The maximum atomic E-state index is 12.0. The van der Waals surface area contributed by atoms with Crippen LogP contribution in [-0.2, 0) is 0 Å². The molecule has 2 aromatic heterocycles. The first-order valence-electron chi connectivity index (χ1n) is 7.26. The minimum Gasteiger partial charge on any atom is -0.475 e. The van der Waals surface area contributed by atoms with Gasteiger partial charge in [-0.15, -0.1) is 21.5 Å². The van der Waals surface area contributed by atoms with Crippen LogP contribution in [0, 0.1) is 0 Å². The molecule has 5 nitrogen and oxygen atoms in total. The lowest BCUT2D eigenvalue weighted by Crippen LogP contribution is -2.28. The second-order valence-electron chi connectivity index (χ2n) is 4.85. The van der Waals surface area contributed by atoms with Crippen LogP contribution < -0.4 is 10.1 Å². The zero-order chi connectivity index (χ0) is 16.8. The molecule has 0 aliphatic heterocycles. The Bertz CT molecular complexity index is 807. The van der Waals surface area contributed by atoms with Crippen LogP contribution in [0.15, 0.2) is 58.4 Å². The molecule has 1 N–H and O–H groups in total. The molecule has 1 aromatic carbocycles. The Morgan fingerprint density at radius 3 is 2.79 bits per heavy atom. The summed E-state index contributed by atoms with van der Waals surface area (Å²) >= 11 is 4.96. The molecule has 3 aromatic rings. The third kappa shape index (κ3) is 4.39. The number of nitrogens with zero attached hydrogens (tertiary/aromatic N) is 2. The Hall–Kier alpha value is -2.25. The van der Waals surface area contributed by atoms with Crippen molar-refractivity contribution in [1.29, 1.82) is 0 Å². The zero-order valence-corrected chi connectivity index (χ0v) is 15.0. The Morgan fingerprint density at radius 1 is 1.17 bits per heavy atom. The summed E-state index contributed by atoms with van der Waals surface area (Å²) in [6.07, 6.45) is 0. The van der Waals surface area contributed by atoms with E-state index in [1.165, 1.54) is 0 Å². The molecule has 24 heavy (non-hydrogen) atoms. The minimum atomic E-state index is -0.140. The molecule has 1 amide bonds. The third-order valence-electron chi connectivity index (χ3n) is 3.14. The molecular weight excluding hydrogens is 390 g/mol. The van der Waals surface area contributed by atoms with E-state index in [2.05, 4.69) is 31.4 Å². The lowest BCUT2D eigenvalue weighted by molar-refractivity contribution is 0.0946. The first-order valence-corrected chi connectivity index (χ1v) is 8.94. The maximum absolute atomic E-state index is 12.0. The molecule has 0 aliphatic rings. The number of hydrogen-bond donors (Lipinski definition) is 1. The van der Waals surface area contributed by atoms with Crippen molar-refractivity contribution < 1.29 is 9.53 Å². The summed E-state index contributed by atoms with van der Waals surface area (Å²) in [6, 6.07) is 14.8. The Balaban J connectivity index is 1.46. The number of carbonyl (C=O) groups excluding carboxylic acids is 1. The number of ether oxygens (including phenoxy) is 1. The molecule has 0 spiro atoms. The first-order chi connectivity index (χ1) is 11.7. The van der Waals surface area contributed by atoms with E-state index in [4.69, 9.17) is 4.74 Å². The van der Waals surface area contributed by atoms with Gasteiger partial charge < -0.3 is 10.1 Å². The van der Waals surface area contributed by atoms with Crippen molar-refractivity contribution in [1.82, 2.24) is 15.5 Å². The van der Waals surface area contributed by atoms with Crippen molar-refractivity contribution in [3.05, 3.63) is 63.9 Å². The topological polar surface area (TPSA) is 64.1 Å². The molecule has 0 radical (unpaired) electrons. The van der Waals surface area contributed by atoms with Gasteiger partial charge in [0.2, 0.25) is 5.88 Å². The predicted molar refractivity (Wildman–Crippen MR) is 97.3 cm³/mol. The highest BCUT2D eigenvalue weighted by Crippen LogP contribution is 2.22. The number of carbonyl (C=O) groups is 1. The van der Waals surface area contributed by atoms with E-state index >= 15 is 0 Å². The van der Waals surface area contributed by atoms with Crippen molar-refractivity contribution in [2.45, 2.75) is 0 Å². The molecule has 0 saturated heterocycles. The average Bonchev–Trinajstić information content (AvgIpc) is 3.14. The summed E-state index contributed by atoms with van der Waals surface area (Å²) in [6.45, 7) is 0.715. The highest BCUT2D eigenvalue weighted by atomic mass is 79.9. The van der Waals surface area contributed by atoms with Crippen molar-refractivity contribution in [2.75, 3.05) is 13.2 Å². The standard InChI is InChI=1S/C17H14BrN3O2S/c18-13-4-1-3-12(11-13)17(22)19-8-9-23-16-7-6-14(20-21-16)15-5-2-10-24-15/h1-7,10-11H,8-9H2,(H,19,22). The molecule has 0 bridgehead atoms. The fourth-order valence-corrected chi connectivity index (χ4v) is 3.09. The quantitative estimate of drug-likeness (QED) is 0.636. The molecular formula is C17H14BrN3O2S. The van der Waals surface area contributed by atoms with Crippen LogP contribution in [0.3, 0.4) is 0 Å². The fraction of sp³-hybridized carbons (Fsp3) is 0.118. The Kier molecular flexibility index (Phi) is 5.55. The highest BCUT2D eigenvalue weighted by molar-refractivity contribution is 9.10. The van der Waals surface area contributed by atoms with E-state index in [0.29, 0.717) is 24.6 Å². The fourth-order valence-electron chi connectivity index (χ4n) is 2.00. The van der Waals surface area contributed by atoms with Gasteiger partial charge in [-0.1, -0.05) is 28.1 Å². The van der Waals surface area contributed by atoms with Crippen molar-refractivity contribution in [2.24, 2.45) is 0 Å². The summed E-state index contributed by atoms with van der Waals surface area (Å²) in [7, 11) is 0. The molecule has 0 fully saturated rings. The summed E-state index contributed by atoms with van der Waals surface area (Å²) in [4.78, 5) is 13.0. The van der Waals surface area contributed by atoms with Gasteiger partial charge in [0.05, 0.1) is 11.4 Å². The average molecular weight is 404 g/mol. The van der Waals surface area contributed by atoms with Gasteiger partial charge in [0, 0.05) is 16.1 Å².